The molecule has 0 aliphatic carbocycles. The standard InChI is InChI=1S/C15H21N5O2/c1-21-13-5-4-12(10-14(13)22-2)19-15(16)18-6-3-8-20-9-7-17-11-20/h4-5,7,9-11H,3,6,8H2,1-2H3,(H3,16,18,19). The number of nitrogens with two attached hydrogens (primary N) is 1. The molecule has 0 saturated heterocycles. The summed E-state index contributed by atoms with van der Waals surface area (Å²) >= 11 is 0. The van der Waals surface area contributed by atoms with E-state index in [2.05, 4.69) is 15.3 Å². The molecule has 7 heteroatoms. The van der Waals surface area contributed by atoms with Gasteiger partial charge in [0.25, 0.3) is 0 Å². The zero-order valence-electron chi connectivity index (χ0n) is 12.8. The highest BCUT2D eigenvalue weighted by atomic mass is 16.5. The lowest BCUT2D eigenvalue weighted by Gasteiger charge is -2.11. The van der Waals surface area contributed by atoms with Crippen LogP contribution in [0.5, 0.6) is 11.5 Å². The molecule has 118 valence electrons. The van der Waals surface area contributed by atoms with Crippen molar-refractivity contribution in [3.8, 4) is 11.5 Å². The van der Waals surface area contributed by atoms with E-state index >= 15 is 0 Å². The molecule has 0 fully saturated rings. The van der Waals surface area contributed by atoms with Crippen molar-refractivity contribution in [2.75, 3.05) is 26.1 Å². The number of methoxy groups -OCH3 is 2. The van der Waals surface area contributed by atoms with Crippen molar-refractivity contribution in [3.63, 3.8) is 0 Å². The molecule has 0 atom stereocenters. The molecule has 1 aromatic carbocycles. The molecule has 7 nitrogen and oxygen atoms in total. The van der Waals surface area contributed by atoms with Crippen molar-refractivity contribution < 1.29 is 9.47 Å². The highest BCUT2D eigenvalue weighted by molar-refractivity contribution is 5.92. The van der Waals surface area contributed by atoms with Gasteiger partial charge in [-0.15, -0.1) is 0 Å². The van der Waals surface area contributed by atoms with E-state index in [1.54, 1.807) is 26.7 Å². The Morgan fingerprint density at radius 1 is 1.32 bits per heavy atom. The van der Waals surface area contributed by atoms with Gasteiger partial charge in [0.2, 0.25) is 0 Å². The summed E-state index contributed by atoms with van der Waals surface area (Å²) in [4.78, 5) is 8.28. The minimum Gasteiger partial charge on any atom is -0.493 e. The number of anilines is 1. The van der Waals surface area contributed by atoms with E-state index in [9.17, 15) is 0 Å². The summed E-state index contributed by atoms with van der Waals surface area (Å²) < 4.78 is 12.4. The highest BCUT2D eigenvalue weighted by Gasteiger charge is 2.04. The SMILES string of the molecule is COc1ccc(NC(N)=NCCCn2ccnc2)cc1OC. The Hall–Kier alpha value is -2.70. The zero-order valence-corrected chi connectivity index (χ0v) is 12.8. The summed E-state index contributed by atoms with van der Waals surface area (Å²) in [6.07, 6.45) is 6.37. The maximum atomic E-state index is 5.87. The van der Waals surface area contributed by atoms with Gasteiger partial charge in [-0.25, -0.2) is 4.98 Å². The van der Waals surface area contributed by atoms with E-state index in [1.807, 2.05) is 29.0 Å². The average molecular weight is 303 g/mol. The second kappa shape index (κ2) is 7.92. The Morgan fingerprint density at radius 2 is 2.14 bits per heavy atom. The van der Waals surface area contributed by atoms with Crippen LogP contribution in [0.3, 0.4) is 0 Å². The number of hydrogen-bond acceptors (Lipinski definition) is 4. The molecule has 2 aromatic rings. The number of aliphatic imine (C=N–C) groups is 1. The quantitative estimate of drug-likeness (QED) is 0.462. The van der Waals surface area contributed by atoms with Gasteiger partial charge in [-0.3, -0.25) is 4.99 Å². The van der Waals surface area contributed by atoms with E-state index in [0.717, 1.165) is 18.7 Å². The van der Waals surface area contributed by atoms with Crippen LogP contribution >= 0.6 is 0 Å². The second-order valence-electron chi connectivity index (χ2n) is 4.62. The third-order valence-corrected chi connectivity index (χ3v) is 3.07. The normalized spacial score (nSPS) is 11.3. The first-order chi connectivity index (χ1) is 10.7. The lowest BCUT2D eigenvalue weighted by atomic mass is 10.3. The number of benzene rings is 1. The summed E-state index contributed by atoms with van der Waals surface area (Å²) in [6.45, 7) is 1.51. The summed E-state index contributed by atoms with van der Waals surface area (Å²) in [5, 5.41) is 3.03. The van der Waals surface area contributed by atoms with Crippen LogP contribution in [0.4, 0.5) is 5.69 Å². The minimum atomic E-state index is 0.373. The summed E-state index contributed by atoms with van der Waals surface area (Å²) in [7, 11) is 3.19. The molecule has 1 heterocycles. The van der Waals surface area contributed by atoms with Crippen LogP contribution in [0.2, 0.25) is 0 Å². The largest absolute Gasteiger partial charge is 0.493 e. The monoisotopic (exact) mass is 303 g/mol. The maximum absolute atomic E-state index is 5.87. The molecule has 0 bridgehead atoms. The summed E-state index contributed by atoms with van der Waals surface area (Å²) in [5.74, 6) is 1.68. The predicted molar refractivity (Wildman–Crippen MR) is 86.5 cm³/mol. The Labute approximate surface area is 129 Å². The van der Waals surface area contributed by atoms with Crippen LogP contribution in [0, 0.1) is 0 Å². The first-order valence-electron chi connectivity index (χ1n) is 6.97. The van der Waals surface area contributed by atoms with Crippen molar-refractivity contribution in [1.82, 2.24) is 9.55 Å². The predicted octanol–water partition coefficient (Wildman–Crippen LogP) is 1.72. The van der Waals surface area contributed by atoms with Crippen LogP contribution in [0.15, 0.2) is 41.9 Å². The number of ether oxygens (including phenoxy) is 2. The van der Waals surface area contributed by atoms with Gasteiger partial charge in [0.1, 0.15) is 0 Å². The number of guanidine groups is 1. The van der Waals surface area contributed by atoms with Gasteiger partial charge in [0, 0.05) is 37.2 Å². The number of imidazole rings is 1. The van der Waals surface area contributed by atoms with E-state index < -0.39 is 0 Å². The van der Waals surface area contributed by atoms with Gasteiger partial charge < -0.3 is 25.1 Å². The van der Waals surface area contributed by atoms with Crippen LogP contribution in [-0.4, -0.2) is 36.3 Å². The van der Waals surface area contributed by atoms with Crippen molar-refractivity contribution in [1.29, 1.82) is 0 Å². The third-order valence-electron chi connectivity index (χ3n) is 3.07. The van der Waals surface area contributed by atoms with Crippen molar-refractivity contribution in [2.24, 2.45) is 10.7 Å². The summed E-state index contributed by atoms with van der Waals surface area (Å²) in [6, 6.07) is 5.48. The van der Waals surface area contributed by atoms with Crippen molar-refractivity contribution in [2.45, 2.75) is 13.0 Å². The Bertz CT molecular complexity index is 610. The van der Waals surface area contributed by atoms with E-state index in [4.69, 9.17) is 15.2 Å². The molecule has 0 aliphatic heterocycles. The van der Waals surface area contributed by atoms with E-state index in [0.29, 0.717) is 24.0 Å². The number of aryl methyl sites for hydroxylation is 1. The second-order valence-corrected chi connectivity index (χ2v) is 4.62. The van der Waals surface area contributed by atoms with E-state index in [1.165, 1.54) is 0 Å². The number of nitrogens with one attached hydrogen (secondary N) is 1. The number of hydrogen-bond donors (Lipinski definition) is 2. The maximum Gasteiger partial charge on any atom is 0.193 e. The summed E-state index contributed by atoms with van der Waals surface area (Å²) in [5.41, 5.74) is 6.67. The lowest BCUT2D eigenvalue weighted by Crippen LogP contribution is -2.23. The number of rotatable bonds is 7. The third kappa shape index (κ3) is 4.41. The fourth-order valence-electron chi connectivity index (χ4n) is 1.97. The Balaban J connectivity index is 1.85. The molecule has 0 radical (unpaired) electrons. The average Bonchev–Trinajstić information content (AvgIpc) is 3.04. The fraction of sp³-hybridized carbons (Fsp3) is 0.333. The Kier molecular flexibility index (Phi) is 5.65. The molecule has 0 unspecified atom stereocenters. The molecule has 0 amide bonds. The minimum absolute atomic E-state index is 0.373. The van der Waals surface area contributed by atoms with Crippen LogP contribution < -0.4 is 20.5 Å². The van der Waals surface area contributed by atoms with Gasteiger partial charge >= 0.3 is 0 Å². The molecular formula is C15H21N5O2. The molecule has 22 heavy (non-hydrogen) atoms. The molecule has 3 N–H and O–H groups in total. The smallest absolute Gasteiger partial charge is 0.193 e. The van der Waals surface area contributed by atoms with Gasteiger partial charge in [-0.05, 0) is 18.6 Å². The number of aromatic nitrogens is 2. The first kappa shape index (κ1) is 15.7. The lowest BCUT2D eigenvalue weighted by molar-refractivity contribution is 0.355. The van der Waals surface area contributed by atoms with Gasteiger partial charge in [-0.2, -0.15) is 0 Å². The number of nitrogens with zero attached hydrogens (tertiary/aromatic N) is 3. The van der Waals surface area contributed by atoms with Crippen molar-refractivity contribution >= 4 is 11.6 Å². The zero-order chi connectivity index (χ0) is 15.8. The van der Waals surface area contributed by atoms with Gasteiger partial charge in [-0.1, -0.05) is 0 Å². The van der Waals surface area contributed by atoms with Crippen LogP contribution in [0.1, 0.15) is 6.42 Å². The van der Waals surface area contributed by atoms with Crippen LogP contribution in [-0.2, 0) is 6.54 Å². The molecule has 0 aliphatic rings. The van der Waals surface area contributed by atoms with Crippen molar-refractivity contribution in [3.05, 3.63) is 36.9 Å². The first-order valence-corrected chi connectivity index (χ1v) is 6.97. The van der Waals surface area contributed by atoms with Gasteiger partial charge in [0.05, 0.1) is 20.5 Å². The highest BCUT2D eigenvalue weighted by Crippen LogP contribution is 2.29. The van der Waals surface area contributed by atoms with Gasteiger partial charge in [0.15, 0.2) is 17.5 Å². The molecule has 0 saturated carbocycles. The fourth-order valence-corrected chi connectivity index (χ4v) is 1.97. The molecule has 2 rings (SSSR count). The Morgan fingerprint density at radius 3 is 2.82 bits per heavy atom. The van der Waals surface area contributed by atoms with E-state index in [-0.39, 0.29) is 0 Å². The van der Waals surface area contributed by atoms with Crippen LogP contribution in [0.25, 0.3) is 0 Å². The molecule has 1 aromatic heterocycles. The molecular weight excluding hydrogens is 282 g/mol. The topological polar surface area (TPSA) is 86.7 Å². The molecule has 0 spiro atoms.